The number of hydrogen-bond donors (Lipinski definition) is 1. The molecule has 148 valence electrons. The smallest absolute Gasteiger partial charge is 0.387 e. The van der Waals surface area contributed by atoms with E-state index >= 15 is 0 Å². The Balaban J connectivity index is 1.62. The second kappa shape index (κ2) is 9.80. The minimum atomic E-state index is -2.92. The molecule has 2 heterocycles. The lowest BCUT2D eigenvalue weighted by Gasteiger charge is -2.29. The van der Waals surface area contributed by atoms with Crippen molar-refractivity contribution in [2.24, 2.45) is 0 Å². The summed E-state index contributed by atoms with van der Waals surface area (Å²) in [5, 5.41) is 2.80. The van der Waals surface area contributed by atoms with Crippen molar-refractivity contribution >= 4 is 17.8 Å². The third kappa shape index (κ3) is 5.50. The normalized spacial score (nSPS) is 14.5. The number of aromatic nitrogens is 1. The number of alkyl halides is 2. The molecule has 0 spiro atoms. The van der Waals surface area contributed by atoms with Crippen LogP contribution in [0.1, 0.15) is 11.1 Å². The van der Waals surface area contributed by atoms with Crippen LogP contribution in [0.5, 0.6) is 5.75 Å². The maximum absolute atomic E-state index is 12.5. The van der Waals surface area contributed by atoms with Gasteiger partial charge in [-0.1, -0.05) is 24.3 Å². The molecule has 0 aliphatic carbocycles. The molecule has 1 amide bonds. The number of nitrogens with zero attached hydrogens (tertiary/aromatic N) is 2. The first-order chi connectivity index (χ1) is 13.6. The zero-order chi connectivity index (χ0) is 19.8. The van der Waals surface area contributed by atoms with Gasteiger partial charge in [-0.25, -0.2) is 4.98 Å². The zero-order valence-corrected chi connectivity index (χ0v) is 15.2. The van der Waals surface area contributed by atoms with Crippen molar-refractivity contribution in [2.75, 3.05) is 31.2 Å². The van der Waals surface area contributed by atoms with E-state index in [4.69, 9.17) is 4.74 Å². The zero-order valence-electron chi connectivity index (χ0n) is 15.2. The number of para-hydroxylation sites is 1. The number of halogens is 2. The predicted octanol–water partition coefficient (Wildman–Crippen LogP) is 2.85. The van der Waals surface area contributed by atoms with Gasteiger partial charge in [0.25, 0.3) is 0 Å². The number of pyridine rings is 1. The molecule has 1 fully saturated rings. The fourth-order valence-corrected chi connectivity index (χ4v) is 2.86. The summed E-state index contributed by atoms with van der Waals surface area (Å²) in [7, 11) is 0. The van der Waals surface area contributed by atoms with E-state index in [1.165, 1.54) is 18.2 Å². The lowest BCUT2D eigenvalue weighted by molar-refractivity contribution is -0.116. The quantitative estimate of drug-likeness (QED) is 0.738. The maximum Gasteiger partial charge on any atom is 0.387 e. The van der Waals surface area contributed by atoms with Crippen LogP contribution in [0, 0.1) is 0 Å². The summed E-state index contributed by atoms with van der Waals surface area (Å²) in [6.07, 6.45) is 4.45. The molecule has 1 N–H and O–H groups in total. The van der Waals surface area contributed by atoms with E-state index in [0.29, 0.717) is 25.3 Å². The van der Waals surface area contributed by atoms with Crippen LogP contribution < -0.4 is 15.0 Å². The molecular weight excluding hydrogens is 368 g/mol. The molecule has 0 unspecified atom stereocenters. The Morgan fingerprint density at radius 3 is 2.82 bits per heavy atom. The molecular formula is C20H21F2N3O3. The summed E-state index contributed by atoms with van der Waals surface area (Å²) in [5.74, 6) is 0.498. The van der Waals surface area contributed by atoms with Crippen LogP contribution in [0.2, 0.25) is 0 Å². The number of carbonyl (C=O) groups excluding carboxylic acids is 1. The number of carbonyl (C=O) groups is 1. The summed E-state index contributed by atoms with van der Waals surface area (Å²) in [6, 6.07) is 10.0. The molecule has 0 radical (unpaired) electrons. The predicted molar refractivity (Wildman–Crippen MR) is 101 cm³/mol. The van der Waals surface area contributed by atoms with Crippen LogP contribution in [0.25, 0.3) is 6.08 Å². The fourth-order valence-electron chi connectivity index (χ4n) is 2.86. The second-order valence-corrected chi connectivity index (χ2v) is 6.05. The standard InChI is InChI=1S/C20H21F2N3O3/c21-20(22)28-17-6-2-1-4-15(17)7-8-18(26)24-14-16-5-3-9-23-19(16)25-10-12-27-13-11-25/h1-9,20H,10-14H2,(H,24,26)/b8-7+. The molecule has 0 saturated carbocycles. The minimum absolute atomic E-state index is 0.0170. The van der Waals surface area contributed by atoms with Crippen LogP contribution in [0.4, 0.5) is 14.6 Å². The lowest BCUT2D eigenvalue weighted by atomic mass is 10.2. The number of ether oxygens (including phenoxy) is 2. The molecule has 1 aliphatic heterocycles. The number of nitrogens with one attached hydrogen (secondary N) is 1. The van der Waals surface area contributed by atoms with E-state index in [2.05, 4.69) is 19.9 Å². The van der Waals surface area contributed by atoms with E-state index in [9.17, 15) is 13.6 Å². The number of amides is 1. The average molecular weight is 389 g/mol. The van der Waals surface area contributed by atoms with Crippen molar-refractivity contribution in [1.29, 1.82) is 0 Å². The van der Waals surface area contributed by atoms with Crippen LogP contribution in [-0.2, 0) is 16.1 Å². The first-order valence-electron chi connectivity index (χ1n) is 8.90. The molecule has 28 heavy (non-hydrogen) atoms. The van der Waals surface area contributed by atoms with Gasteiger partial charge in [-0.3, -0.25) is 4.79 Å². The lowest BCUT2D eigenvalue weighted by Crippen LogP contribution is -2.37. The average Bonchev–Trinajstić information content (AvgIpc) is 2.72. The number of hydrogen-bond acceptors (Lipinski definition) is 5. The van der Waals surface area contributed by atoms with E-state index in [1.807, 2.05) is 12.1 Å². The van der Waals surface area contributed by atoms with Crippen LogP contribution in [0.3, 0.4) is 0 Å². The third-order valence-electron chi connectivity index (χ3n) is 4.18. The molecule has 2 aromatic rings. The van der Waals surface area contributed by atoms with Crippen molar-refractivity contribution in [2.45, 2.75) is 13.2 Å². The highest BCUT2D eigenvalue weighted by atomic mass is 19.3. The molecule has 1 aromatic heterocycles. The molecule has 3 rings (SSSR count). The van der Waals surface area contributed by atoms with E-state index in [0.717, 1.165) is 24.5 Å². The van der Waals surface area contributed by atoms with E-state index in [-0.39, 0.29) is 11.7 Å². The summed E-state index contributed by atoms with van der Waals surface area (Å²) in [4.78, 5) is 18.7. The second-order valence-electron chi connectivity index (χ2n) is 6.05. The van der Waals surface area contributed by atoms with Gasteiger partial charge < -0.3 is 19.7 Å². The van der Waals surface area contributed by atoms with Crippen molar-refractivity contribution < 1.29 is 23.0 Å². The van der Waals surface area contributed by atoms with Gasteiger partial charge in [-0.05, 0) is 18.2 Å². The monoisotopic (exact) mass is 389 g/mol. The Morgan fingerprint density at radius 1 is 1.25 bits per heavy atom. The highest BCUT2D eigenvalue weighted by molar-refractivity contribution is 5.92. The van der Waals surface area contributed by atoms with Crippen molar-refractivity contribution in [3.8, 4) is 5.75 Å². The molecule has 0 atom stereocenters. The largest absolute Gasteiger partial charge is 0.434 e. The van der Waals surface area contributed by atoms with Gasteiger partial charge in [0.1, 0.15) is 11.6 Å². The van der Waals surface area contributed by atoms with Gasteiger partial charge in [0.05, 0.1) is 13.2 Å². The van der Waals surface area contributed by atoms with Crippen molar-refractivity contribution in [1.82, 2.24) is 10.3 Å². The van der Waals surface area contributed by atoms with Gasteiger partial charge in [0.2, 0.25) is 5.91 Å². The molecule has 8 heteroatoms. The van der Waals surface area contributed by atoms with Crippen molar-refractivity contribution in [3.63, 3.8) is 0 Å². The Kier molecular flexibility index (Phi) is 6.91. The van der Waals surface area contributed by atoms with Gasteiger partial charge in [0.15, 0.2) is 0 Å². The van der Waals surface area contributed by atoms with Crippen LogP contribution in [0.15, 0.2) is 48.7 Å². The van der Waals surface area contributed by atoms with E-state index in [1.54, 1.807) is 24.4 Å². The topological polar surface area (TPSA) is 63.7 Å². The third-order valence-corrected chi connectivity index (χ3v) is 4.18. The van der Waals surface area contributed by atoms with Crippen molar-refractivity contribution in [3.05, 3.63) is 59.8 Å². The Bertz CT molecular complexity index is 824. The van der Waals surface area contributed by atoms with Gasteiger partial charge >= 0.3 is 6.61 Å². The Labute approximate surface area is 161 Å². The molecule has 1 aliphatic rings. The van der Waals surface area contributed by atoms with Crippen LogP contribution >= 0.6 is 0 Å². The van der Waals surface area contributed by atoms with Gasteiger partial charge in [0, 0.05) is 43.0 Å². The number of morpholine rings is 1. The SMILES string of the molecule is O=C(/C=C/c1ccccc1OC(F)F)NCc1cccnc1N1CCOCC1. The fraction of sp³-hybridized carbons (Fsp3) is 0.300. The van der Waals surface area contributed by atoms with Crippen LogP contribution in [-0.4, -0.2) is 43.8 Å². The maximum atomic E-state index is 12.5. The first kappa shape index (κ1) is 19.8. The Hall–Kier alpha value is -3.00. The molecule has 6 nitrogen and oxygen atoms in total. The first-order valence-corrected chi connectivity index (χ1v) is 8.90. The molecule has 0 bridgehead atoms. The van der Waals surface area contributed by atoms with E-state index < -0.39 is 6.61 Å². The molecule has 1 aromatic carbocycles. The van der Waals surface area contributed by atoms with Gasteiger partial charge in [-0.15, -0.1) is 0 Å². The number of anilines is 1. The highest BCUT2D eigenvalue weighted by Gasteiger charge is 2.16. The highest BCUT2D eigenvalue weighted by Crippen LogP contribution is 2.21. The number of benzene rings is 1. The Morgan fingerprint density at radius 2 is 2.04 bits per heavy atom. The number of rotatable bonds is 7. The summed E-state index contributed by atoms with van der Waals surface area (Å²) >= 11 is 0. The summed E-state index contributed by atoms with van der Waals surface area (Å²) in [5.41, 5.74) is 1.29. The summed E-state index contributed by atoms with van der Waals surface area (Å²) in [6.45, 7) is 0.167. The molecule has 1 saturated heterocycles. The minimum Gasteiger partial charge on any atom is -0.434 e. The van der Waals surface area contributed by atoms with Gasteiger partial charge in [-0.2, -0.15) is 8.78 Å². The summed E-state index contributed by atoms with van der Waals surface area (Å²) < 4.78 is 34.7.